The Hall–Kier alpha value is -2.06. The third-order valence-electron chi connectivity index (χ3n) is 2.94. The van der Waals surface area contributed by atoms with Crippen LogP contribution in [0.2, 0.25) is 0 Å². The number of hydrogen-bond acceptors (Lipinski definition) is 4. The smallest absolute Gasteiger partial charge is 0.186 e. The van der Waals surface area contributed by atoms with E-state index >= 15 is 0 Å². The van der Waals surface area contributed by atoms with Crippen LogP contribution in [0.4, 0.5) is 0 Å². The van der Waals surface area contributed by atoms with Crippen molar-refractivity contribution >= 4 is 46.1 Å². The van der Waals surface area contributed by atoms with Gasteiger partial charge in [-0.25, -0.2) is 0 Å². The van der Waals surface area contributed by atoms with Gasteiger partial charge in [-0.3, -0.25) is 10.9 Å². The van der Waals surface area contributed by atoms with Crippen molar-refractivity contribution in [3.63, 3.8) is 0 Å². The summed E-state index contributed by atoms with van der Waals surface area (Å²) in [6, 6.07) is 8.04. The van der Waals surface area contributed by atoms with Crippen molar-refractivity contribution < 1.29 is 0 Å². The number of nitrogens with zero attached hydrogens (tertiary/aromatic N) is 2. The average Bonchev–Trinajstić information content (AvgIpc) is 2.55. The molecule has 0 unspecified atom stereocenters. The molecule has 8 heteroatoms. The lowest BCUT2D eigenvalue weighted by atomic mass is 10.1. The molecular weight excluding hydrogens is 340 g/mol. The normalized spacial score (nSPS) is 11.7. The molecule has 0 bridgehead atoms. The molecule has 0 saturated carbocycles. The van der Waals surface area contributed by atoms with Gasteiger partial charge >= 0.3 is 0 Å². The van der Waals surface area contributed by atoms with Crippen molar-refractivity contribution in [2.75, 3.05) is 13.1 Å². The molecule has 0 saturated heterocycles. The van der Waals surface area contributed by atoms with Gasteiger partial charge in [0.1, 0.15) is 5.71 Å². The van der Waals surface area contributed by atoms with E-state index in [9.17, 15) is 0 Å². The fourth-order valence-corrected chi connectivity index (χ4v) is 2.14. The maximum atomic E-state index is 5.15. The Bertz CT molecular complexity index is 622. The Morgan fingerprint density at radius 3 is 1.92 bits per heavy atom. The first-order chi connectivity index (χ1) is 11.5. The SMILES string of the molecule is CCNC(=S)NN=C(C)C(=NNC(=S)NCC)c1ccc(C)cc1. The monoisotopic (exact) mass is 364 g/mol. The van der Waals surface area contributed by atoms with Gasteiger partial charge in [-0.1, -0.05) is 29.8 Å². The van der Waals surface area contributed by atoms with Crippen LogP contribution in [-0.2, 0) is 0 Å². The number of nitrogens with one attached hydrogen (secondary N) is 4. The molecule has 1 rings (SSSR count). The molecule has 0 heterocycles. The number of benzene rings is 1. The van der Waals surface area contributed by atoms with Gasteiger partial charge in [0.25, 0.3) is 0 Å². The topological polar surface area (TPSA) is 72.8 Å². The van der Waals surface area contributed by atoms with Crippen molar-refractivity contribution in [3.05, 3.63) is 35.4 Å². The average molecular weight is 365 g/mol. The predicted molar refractivity (Wildman–Crippen MR) is 110 cm³/mol. The minimum Gasteiger partial charge on any atom is -0.362 e. The van der Waals surface area contributed by atoms with E-state index in [1.165, 1.54) is 5.56 Å². The van der Waals surface area contributed by atoms with E-state index < -0.39 is 0 Å². The van der Waals surface area contributed by atoms with Gasteiger partial charge in [0.2, 0.25) is 0 Å². The molecule has 0 atom stereocenters. The second-order valence-electron chi connectivity index (χ2n) is 4.97. The van der Waals surface area contributed by atoms with E-state index in [0.717, 1.165) is 18.7 Å². The number of hydrazone groups is 2. The first-order valence-electron chi connectivity index (χ1n) is 7.75. The molecule has 130 valence electrons. The van der Waals surface area contributed by atoms with Crippen LogP contribution in [0, 0.1) is 6.92 Å². The van der Waals surface area contributed by atoms with Crippen molar-refractivity contribution in [1.29, 1.82) is 0 Å². The van der Waals surface area contributed by atoms with Crippen LogP contribution in [0.1, 0.15) is 31.9 Å². The van der Waals surface area contributed by atoms with E-state index in [4.69, 9.17) is 24.4 Å². The van der Waals surface area contributed by atoms with E-state index in [2.05, 4.69) is 31.7 Å². The van der Waals surface area contributed by atoms with Gasteiger partial charge in [0.05, 0.1) is 5.71 Å². The lowest BCUT2D eigenvalue weighted by molar-refractivity contribution is 0.897. The maximum absolute atomic E-state index is 5.15. The molecule has 0 aromatic heterocycles. The highest BCUT2D eigenvalue weighted by Gasteiger charge is 2.09. The summed E-state index contributed by atoms with van der Waals surface area (Å²) in [7, 11) is 0. The van der Waals surface area contributed by atoms with Crippen molar-refractivity contribution in [2.24, 2.45) is 10.2 Å². The Kier molecular flexibility index (Phi) is 8.88. The van der Waals surface area contributed by atoms with Gasteiger partial charge in [-0.15, -0.1) is 0 Å². The third kappa shape index (κ3) is 7.01. The van der Waals surface area contributed by atoms with E-state index in [1.807, 2.05) is 52.0 Å². The molecule has 24 heavy (non-hydrogen) atoms. The number of hydrogen-bond donors (Lipinski definition) is 4. The highest BCUT2D eigenvalue weighted by Crippen LogP contribution is 2.06. The molecule has 0 amide bonds. The van der Waals surface area contributed by atoms with Crippen molar-refractivity contribution in [2.45, 2.75) is 27.7 Å². The summed E-state index contributed by atoms with van der Waals surface area (Å²) in [5.74, 6) is 0. The lowest BCUT2D eigenvalue weighted by Crippen LogP contribution is -2.34. The van der Waals surface area contributed by atoms with Crippen LogP contribution in [0.3, 0.4) is 0 Å². The van der Waals surface area contributed by atoms with Gasteiger partial charge in [0.15, 0.2) is 10.2 Å². The van der Waals surface area contributed by atoms with Crippen LogP contribution in [-0.4, -0.2) is 34.7 Å². The summed E-state index contributed by atoms with van der Waals surface area (Å²) in [6.45, 7) is 9.30. The largest absolute Gasteiger partial charge is 0.362 e. The molecule has 0 aliphatic rings. The second kappa shape index (κ2) is 10.7. The first kappa shape index (κ1) is 20.0. The predicted octanol–water partition coefficient (Wildman–Crippen LogP) is 2.04. The summed E-state index contributed by atoms with van der Waals surface area (Å²) >= 11 is 10.3. The van der Waals surface area contributed by atoms with Gasteiger partial charge in [0, 0.05) is 18.7 Å². The highest BCUT2D eigenvalue weighted by atomic mass is 32.1. The summed E-state index contributed by atoms with van der Waals surface area (Å²) in [4.78, 5) is 0. The first-order valence-corrected chi connectivity index (χ1v) is 8.56. The molecule has 1 aromatic carbocycles. The molecule has 0 aliphatic heterocycles. The quantitative estimate of drug-likeness (QED) is 0.352. The van der Waals surface area contributed by atoms with E-state index in [0.29, 0.717) is 21.6 Å². The third-order valence-corrected chi connectivity index (χ3v) is 3.41. The fraction of sp³-hybridized carbons (Fsp3) is 0.375. The molecule has 6 nitrogen and oxygen atoms in total. The molecular formula is C16H24N6S2. The second-order valence-corrected chi connectivity index (χ2v) is 5.78. The molecule has 4 N–H and O–H groups in total. The summed E-state index contributed by atoms with van der Waals surface area (Å²) in [6.07, 6.45) is 0. The van der Waals surface area contributed by atoms with Crippen molar-refractivity contribution in [3.8, 4) is 0 Å². The summed E-state index contributed by atoms with van der Waals surface area (Å²) in [5, 5.41) is 15.6. The van der Waals surface area contributed by atoms with Crippen LogP contribution < -0.4 is 21.5 Å². The van der Waals surface area contributed by atoms with Crippen LogP contribution >= 0.6 is 24.4 Å². The minimum atomic E-state index is 0.464. The minimum absolute atomic E-state index is 0.464. The lowest BCUT2D eigenvalue weighted by Gasteiger charge is -2.10. The van der Waals surface area contributed by atoms with Crippen molar-refractivity contribution in [1.82, 2.24) is 21.5 Å². The van der Waals surface area contributed by atoms with Gasteiger partial charge in [-0.2, -0.15) is 10.2 Å². The zero-order chi connectivity index (χ0) is 17.9. The Balaban J connectivity index is 3.01. The zero-order valence-corrected chi connectivity index (χ0v) is 16.1. The number of thiocarbonyl (C=S) groups is 2. The van der Waals surface area contributed by atoms with Gasteiger partial charge in [-0.05, 0) is 52.1 Å². The number of rotatable bonds is 6. The van der Waals surface area contributed by atoms with Crippen LogP contribution in [0.15, 0.2) is 34.5 Å². The van der Waals surface area contributed by atoms with Crippen LogP contribution in [0.25, 0.3) is 0 Å². The molecule has 1 aromatic rings. The summed E-state index contributed by atoms with van der Waals surface area (Å²) in [5.41, 5.74) is 9.13. The molecule has 0 aliphatic carbocycles. The molecule has 0 spiro atoms. The van der Waals surface area contributed by atoms with Gasteiger partial charge < -0.3 is 10.6 Å². The maximum Gasteiger partial charge on any atom is 0.186 e. The molecule has 0 fully saturated rings. The van der Waals surface area contributed by atoms with E-state index in [-0.39, 0.29) is 0 Å². The Morgan fingerprint density at radius 2 is 1.42 bits per heavy atom. The standard InChI is InChI=1S/C16H24N6S2/c1-5-17-15(23)21-19-12(4)14(20-22-16(24)18-6-2)13-9-7-11(3)8-10-13/h7-10H,5-6H2,1-4H3,(H2,17,21,23)(H2,18,22,24). The Morgan fingerprint density at radius 1 is 0.917 bits per heavy atom. The zero-order valence-electron chi connectivity index (χ0n) is 14.4. The number of aryl methyl sites for hydroxylation is 1. The van der Waals surface area contributed by atoms with Crippen LogP contribution in [0.5, 0.6) is 0 Å². The van der Waals surface area contributed by atoms with E-state index in [1.54, 1.807) is 0 Å². The Labute approximate surface area is 154 Å². The summed E-state index contributed by atoms with van der Waals surface area (Å²) < 4.78 is 0. The fourth-order valence-electron chi connectivity index (χ4n) is 1.76. The molecule has 0 radical (unpaired) electrons. The highest BCUT2D eigenvalue weighted by molar-refractivity contribution is 7.80.